The molecular formula is C18H15F3N4O3. The Bertz CT molecular complexity index is 1010. The lowest BCUT2D eigenvalue weighted by Crippen LogP contribution is -2.35. The summed E-state index contributed by atoms with van der Waals surface area (Å²) in [5, 5.41) is 19.8. The molecule has 0 bridgehead atoms. The second-order valence-electron chi connectivity index (χ2n) is 6.38. The number of hydrogen-bond donors (Lipinski definition) is 2. The van der Waals surface area contributed by atoms with Crippen molar-refractivity contribution in [3.63, 3.8) is 0 Å². The maximum atomic E-state index is 13.2. The second kappa shape index (κ2) is 6.79. The maximum Gasteiger partial charge on any atom is 0.417 e. The van der Waals surface area contributed by atoms with Crippen molar-refractivity contribution in [2.24, 2.45) is 0 Å². The highest BCUT2D eigenvalue weighted by Gasteiger charge is 2.34. The van der Waals surface area contributed by atoms with E-state index in [1.54, 1.807) is 0 Å². The zero-order chi connectivity index (χ0) is 19.9. The van der Waals surface area contributed by atoms with Gasteiger partial charge in [-0.2, -0.15) is 18.3 Å². The number of aliphatic hydroxyl groups excluding tert-OH is 1. The lowest BCUT2D eigenvalue weighted by molar-refractivity contribution is -0.137. The van der Waals surface area contributed by atoms with Crippen molar-refractivity contribution in [3.05, 3.63) is 58.6 Å². The lowest BCUT2D eigenvalue weighted by Gasteiger charge is -2.26. The van der Waals surface area contributed by atoms with Crippen LogP contribution in [0.4, 0.5) is 13.2 Å². The molecule has 146 valence electrons. The van der Waals surface area contributed by atoms with Gasteiger partial charge in [-0.1, -0.05) is 23.4 Å². The summed E-state index contributed by atoms with van der Waals surface area (Å²) in [6.45, 7) is 0.346. The van der Waals surface area contributed by atoms with Crippen LogP contribution in [0, 0.1) is 0 Å². The normalized spacial score (nSPS) is 14.2. The predicted octanol–water partition coefficient (Wildman–Crippen LogP) is 2.77. The Kier molecular flexibility index (Phi) is 4.42. The number of fused-ring (bicyclic) bond motifs is 1. The molecule has 0 aliphatic carbocycles. The number of alkyl halides is 3. The Labute approximate surface area is 156 Å². The Balaban J connectivity index is 1.60. The topological polar surface area (TPSA) is 95.3 Å². The molecule has 1 aromatic carbocycles. The van der Waals surface area contributed by atoms with Gasteiger partial charge >= 0.3 is 6.18 Å². The first-order chi connectivity index (χ1) is 13.4. The van der Waals surface area contributed by atoms with Crippen LogP contribution in [0.2, 0.25) is 0 Å². The standard InChI is InChI=1S/C18H15F3N4O3/c19-18(20,21)12-4-2-1-3-10(12)14-7-16(28-24-14)17(27)25-6-5-13-11(8-25)15(9-26)23-22-13/h1-4,7,26H,5-6,8-9H2,(H,22,23). The van der Waals surface area contributed by atoms with E-state index in [1.807, 2.05) is 0 Å². The zero-order valence-electron chi connectivity index (χ0n) is 14.5. The number of benzene rings is 1. The van der Waals surface area contributed by atoms with Gasteiger partial charge in [0.25, 0.3) is 5.91 Å². The van der Waals surface area contributed by atoms with Crippen LogP contribution in [0.15, 0.2) is 34.9 Å². The minimum atomic E-state index is -4.55. The SMILES string of the molecule is O=C(c1cc(-c2ccccc2C(F)(F)F)no1)N1CCc2[nH]nc(CO)c2C1. The van der Waals surface area contributed by atoms with Crippen molar-refractivity contribution in [2.45, 2.75) is 25.7 Å². The van der Waals surface area contributed by atoms with E-state index >= 15 is 0 Å². The van der Waals surface area contributed by atoms with Crippen LogP contribution in [-0.4, -0.2) is 37.8 Å². The van der Waals surface area contributed by atoms with E-state index in [-0.39, 0.29) is 30.2 Å². The molecule has 1 amide bonds. The quantitative estimate of drug-likeness (QED) is 0.715. The molecule has 1 aliphatic heterocycles. The number of rotatable bonds is 3. The van der Waals surface area contributed by atoms with Gasteiger partial charge in [0.15, 0.2) is 0 Å². The molecule has 2 N–H and O–H groups in total. The molecule has 2 aromatic heterocycles. The highest BCUT2D eigenvalue weighted by atomic mass is 19.4. The Hall–Kier alpha value is -3.14. The molecule has 10 heteroatoms. The number of amides is 1. The molecule has 0 saturated heterocycles. The largest absolute Gasteiger partial charge is 0.417 e. The van der Waals surface area contributed by atoms with Crippen LogP contribution in [0.3, 0.4) is 0 Å². The number of nitrogens with one attached hydrogen (secondary N) is 1. The van der Waals surface area contributed by atoms with Gasteiger partial charge in [0.2, 0.25) is 5.76 Å². The molecular weight excluding hydrogens is 377 g/mol. The van der Waals surface area contributed by atoms with Crippen LogP contribution in [0.5, 0.6) is 0 Å². The van der Waals surface area contributed by atoms with E-state index in [1.165, 1.54) is 29.2 Å². The number of carbonyl (C=O) groups excluding carboxylic acids is 1. The summed E-state index contributed by atoms with van der Waals surface area (Å²) in [7, 11) is 0. The minimum Gasteiger partial charge on any atom is -0.390 e. The van der Waals surface area contributed by atoms with Gasteiger partial charge < -0.3 is 14.5 Å². The Morgan fingerprint density at radius 1 is 1.32 bits per heavy atom. The summed E-state index contributed by atoms with van der Waals surface area (Å²) in [5.41, 5.74) is 0.986. The summed E-state index contributed by atoms with van der Waals surface area (Å²) in [6, 6.07) is 6.19. The fraction of sp³-hybridized carbons (Fsp3) is 0.278. The molecule has 0 unspecified atom stereocenters. The highest BCUT2D eigenvalue weighted by molar-refractivity contribution is 5.92. The first kappa shape index (κ1) is 18.2. The molecule has 3 heterocycles. The maximum absolute atomic E-state index is 13.2. The number of aromatic amines is 1. The van der Waals surface area contributed by atoms with Crippen molar-refractivity contribution >= 4 is 5.91 Å². The van der Waals surface area contributed by atoms with Crippen LogP contribution < -0.4 is 0 Å². The first-order valence-corrected chi connectivity index (χ1v) is 8.47. The Morgan fingerprint density at radius 3 is 2.86 bits per heavy atom. The van der Waals surface area contributed by atoms with Crippen LogP contribution in [-0.2, 0) is 25.7 Å². The number of nitrogens with zero attached hydrogens (tertiary/aromatic N) is 3. The molecule has 7 nitrogen and oxygen atoms in total. The number of hydrogen-bond acceptors (Lipinski definition) is 5. The van der Waals surface area contributed by atoms with Gasteiger partial charge in [-0.15, -0.1) is 0 Å². The lowest BCUT2D eigenvalue weighted by atomic mass is 10.0. The van der Waals surface area contributed by atoms with Crippen molar-refractivity contribution in [1.29, 1.82) is 0 Å². The monoisotopic (exact) mass is 392 g/mol. The third-order valence-electron chi connectivity index (χ3n) is 4.69. The summed E-state index contributed by atoms with van der Waals surface area (Å²) < 4.78 is 44.7. The van der Waals surface area contributed by atoms with Crippen LogP contribution in [0.25, 0.3) is 11.3 Å². The summed E-state index contributed by atoms with van der Waals surface area (Å²) in [6.07, 6.45) is -4.03. The van der Waals surface area contributed by atoms with Crippen molar-refractivity contribution < 1.29 is 27.6 Å². The Morgan fingerprint density at radius 2 is 2.11 bits per heavy atom. The van der Waals surface area contributed by atoms with E-state index in [0.29, 0.717) is 18.7 Å². The van der Waals surface area contributed by atoms with Gasteiger partial charge in [0, 0.05) is 42.4 Å². The van der Waals surface area contributed by atoms with Crippen molar-refractivity contribution in [1.82, 2.24) is 20.3 Å². The molecule has 0 spiro atoms. The third kappa shape index (κ3) is 3.15. The molecule has 0 saturated carbocycles. The first-order valence-electron chi connectivity index (χ1n) is 8.47. The molecule has 0 fully saturated rings. The van der Waals surface area contributed by atoms with Crippen LogP contribution in [0.1, 0.15) is 33.1 Å². The smallest absolute Gasteiger partial charge is 0.390 e. The van der Waals surface area contributed by atoms with E-state index in [4.69, 9.17) is 4.52 Å². The molecule has 1 aliphatic rings. The number of aliphatic hydroxyl groups is 1. The summed E-state index contributed by atoms with van der Waals surface area (Å²) in [4.78, 5) is 14.2. The molecule has 28 heavy (non-hydrogen) atoms. The fourth-order valence-corrected chi connectivity index (χ4v) is 3.27. The molecule has 0 radical (unpaired) electrons. The number of carbonyl (C=O) groups is 1. The predicted molar refractivity (Wildman–Crippen MR) is 89.9 cm³/mol. The van der Waals surface area contributed by atoms with E-state index < -0.39 is 17.6 Å². The van der Waals surface area contributed by atoms with Gasteiger partial charge in [0.1, 0.15) is 5.69 Å². The fourth-order valence-electron chi connectivity index (χ4n) is 3.27. The molecule has 3 aromatic rings. The highest BCUT2D eigenvalue weighted by Crippen LogP contribution is 2.36. The molecule has 0 atom stereocenters. The van der Waals surface area contributed by atoms with E-state index in [2.05, 4.69) is 15.4 Å². The van der Waals surface area contributed by atoms with E-state index in [9.17, 15) is 23.1 Å². The van der Waals surface area contributed by atoms with Gasteiger partial charge in [-0.25, -0.2) is 0 Å². The molecule has 4 rings (SSSR count). The third-order valence-corrected chi connectivity index (χ3v) is 4.69. The van der Waals surface area contributed by atoms with Crippen LogP contribution >= 0.6 is 0 Å². The van der Waals surface area contributed by atoms with E-state index in [0.717, 1.165) is 17.3 Å². The number of halogens is 3. The minimum absolute atomic E-state index is 0.0617. The van der Waals surface area contributed by atoms with Crippen molar-refractivity contribution in [3.8, 4) is 11.3 Å². The number of H-pyrrole nitrogens is 1. The number of aromatic nitrogens is 3. The van der Waals surface area contributed by atoms with Crippen molar-refractivity contribution in [2.75, 3.05) is 6.54 Å². The zero-order valence-corrected chi connectivity index (χ0v) is 14.5. The van der Waals surface area contributed by atoms with Gasteiger partial charge in [-0.05, 0) is 6.07 Å². The van der Waals surface area contributed by atoms with Gasteiger partial charge in [0.05, 0.1) is 17.9 Å². The summed E-state index contributed by atoms with van der Waals surface area (Å²) >= 11 is 0. The summed E-state index contributed by atoms with van der Waals surface area (Å²) in [5.74, 6) is -0.636. The van der Waals surface area contributed by atoms with Gasteiger partial charge in [-0.3, -0.25) is 9.89 Å². The average molecular weight is 392 g/mol. The second-order valence-corrected chi connectivity index (χ2v) is 6.38. The average Bonchev–Trinajstić information content (AvgIpc) is 3.33.